The number of hydrogen-bond donors (Lipinski definition) is 1. The molecule has 148 valence electrons. The van der Waals surface area contributed by atoms with Crippen LogP contribution in [0.25, 0.3) is 0 Å². The summed E-state index contributed by atoms with van der Waals surface area (Å²) < 4.78 is 0. The average Bonchev–Trinajstić information content (AvgIpc) is 2.99. The number of carbonyl (C=O) groups is 1. The van der Waals surface area contributed by atoms with Crippen LogP contribution in [0.4, 0.5) is 0 Å². The lowest BCUT2D eigenvalue weighted by Gasteiger charge is -2.35. The number of amides is 1. The third-order valence-electron chi connectivity index (χ3n) is 6.75. The zero-order chi connectivity index (χ0) is 18.6. The van der Waals surface area contributed by atoms with Crippen LogP contribution in [0.3, 0.4) is 0 Å². The molecule has 1 aromatic rings. The smallest absolute Gasteiger partial charge is 0.223 e. The van der Waals surface area contributed by atoms with Gasteiger partial charge in [0.25, 0.3) is 0 Å². The molecule has 3 aliphatic rings. The molecule has 1 amide bonds. The Labute approximate surface area is 168 Å². The van der Waals surface area contributed by atoms with Crippen molar-refractivity contribution in [1.29, 1.82) is 0 Å². The molecule has 4 nitrogen and oxygen atoms in total. The van der Waals surface area contributed by atoms with Gasteiger partial charge in [0, 0.05) is 49.7 Å². The topological polar surface area (TPSA) is 35.6 Å². The number of benzene rings is 1. The van der Waals surface area contributed by atoms with Crippen molar-refractivity contribution < 1.29 is 4.79 Å². The number of rotatable bonds is 6. The summed E-state index contributed by atoms with van der Waals surface area (Å²) in [4.78, 5) is 17.4. The quantitative estimate of drug-likeness (QED) is 0.808. The Morgan fingerprint density at radius 1 is 1.07 bits per heavy atom. The van der Waals surface area contributed by atoms with E-state index in [9.17, 15) is 4.79 Å². The van der Waals surface area contributed by atoms with Crippen LogP contribution in [0.5, 0.6) is 0 Å². The minimum atomic E-state index is 0.277. The van der Waals surface area contributed by atoms with E-state index in [0.29, 0.717) is 17.9 Å². The molecule has 1 aliphatic carbocycles. The molecule has 1 aromatic carbocycles. The summed E-state index contributed by atoms with van der Waals surface area (Å²) in [6.45, 7) is 6.60. The van der Waals surface area contributed by atoms with E-state index in [1.54, 1.807) is 0 Å². The van der Waals surface area contributed by atoms with Crippen molar-refractivity contribution in [2.45, 2.75) is 51.1 Å². The van der Waals surface area contributed by atoms with Crippen LogP contribution in [0.2, 0.25) is 5.02 Å². The minimum absolute atomic E-state index is 0.277. The largest absolute Gasteiger partial charge is 0.353 e. The summed E-state index contributed by atoms with van der Waals surface area (Å²) in [5.74, 6) is 1.22. The van der Waals surface area contributed by atoms with Crippen LogP contribution in [-0.4, -0.2) is 54.5 Å². The van der Waals surface area contributed by atoms with Gasteiger partial charge >= 0.3 is 0 Å². The average molecular weight is 390 g/mol. The fourth-order valence-electron chi connectivity index (χ4n) is 5.25. The van der Waals surface area contributed by atoms with E-state index < -0.39 is 0 Å². The molecule has 1 N–H and O–H groups in total. The first-order valence-corrected chi connectivity index (χ1v) is 11.1. The van der Waals surface area contributed by atoms with Crippen molar-refractivity contribution in [2.75, 3.05) is 32.7 Å². The summed E-state index contributed by atoms with van der Waals surface area (Å²) >= 11 is 6.09. The molecular weight excluding hydrogens is 358 g/mol. The summed E-state index contributed by atoms with van der Waals surface area (Å²) in [6, 6.07) is 8.67. The highest BCUT2D eigenvalue weighted by Gasteiger charge is 2.42. The van der Waals surface area contributed by atoms with Crippen LogP contribution in [0.15, 0.2) is 24.3 Å². The van der Waals surface area contributed by atoms with E-state index in [0.717, 1.165) is 57.1 Å². The van der Waals surface area contributed by atoms with Crippen molar-refractivity contribution >= 4 is 17.5 Å². The third-order valence-corrected chi connectivity index (χ3v) is 6.99. The maximum absolute atomic E-state index is 12.3. The number of nitrogens with one attached hydrogen (secondary N) is 1. The fourth-order valence-corrected chi connectivity index (χ4v) is 5.46. The van der Waals surface area contributed by atoms with Crippen LogP contribution in [0.1, 0.15) is 44.1 Å². The lowest BCUT2D eigenvalue weighted by molar-refractivity contribution is -0.123. The maximum atomic E-state index is 12.3. The zero-order valence-electron chi connectivity index (χ0n) is 16.2. The van der Waals surface area contributed by atoms with E-state index in [1.165, 1.54) is 31.2 Å². The van der Waals surface area contributed by atoms with E-state index in [1.807, 2.05) is 12.1 Å². The Hall–Kier alpha value is -1.10. The van der Waals surface area contributed by atoms with E-state index in [2.05, 4.69) is 27.2 Å². The molecule has 2 saturated heterocycles. The monoisotopic (exact) mass is 389 g/mol. The van der Waals surface area contributed by atoms with Crippen molar-refractivity contribution in [2.24, 2.45) is 11.8 Å². The van der Waals surface area contributed by atoms with Crippen molar-refractivity contribution in [1.82, 2.24) is 15.1 Å². The number of carbonyl (C=O) groups excluding carboxylic acids is 1. The van der Waals surface area contributed by atoms with E-state index in [4.69, 9.17) is 11.6 Å². The van der Waals surface area contributed by atoms with Crippen LogP contribution in [-0.2, 0) is 11.3 Å². The van der Waals surface area contributed by atoms with Crippen LogP contribution < -0.4 is 5.32 Å². The first kappa shape index (κ1) is 19.2. The van der Waals surface area contributed by atoms with Gasteiger partial charge in [-0.05, 0) is 55.8 Å². The molecule has 0 bridgehead atoms. The minimum Gasteiger partial charge on any atom is -0.353 e. The molecule has 4 rings (SSSR count). The lowest BCUT2D eigenvalue weighted by Crippen LogP contribution is -2.46. The molecular formula is C22H32ClN3O. The van der Waals surface area contributed by atoms with Crippen molar-refractivity contribution in [3.63, 3.8) is 0 Å². The predicted molar refractivity (Wildman–Crippen MR) is 110 cm³/mol. The Kier molecular flexibility index (Phi) is 6.36. The molecule has 2 heterocycles. The van der Waals surface area contributed by atoms with Gasteiger partial charge < -0.3 is 10.2 Å². The van der Waals surface area contributed by atoms with Gasteiger partial charge in [0.1, 0.15) is 0 Å². The van der Waals surface area contributed by atoms with Gasteiger partial charge in [-0.15, -0.1) is 0 Å². The van der Waals surface area contributed by atoms with E-state index in [-0.39, 0.29) is 5.92 Å². The predicted octanol–water partition coefficient (Wildman–Crippen LogP) is 3.54. The zero-order valence-corrected chi connectivity index (χ0v) is 17.0. The molecule has 5 heteroatoms. The molecule has 3 unspecified atom stereocenters. The van der Waals surface area contributed by atoms with Crippen molar-refractivity contribution in [3.8, 4) is 0 Å². The van der Waals surface area contributed by atoms with Crippen molar-refractivity contribution in [3.05, 3.63) is 34.9 Å². The summed E-state index contributed by atoms with van der Waals surface area (Å²) in [6.07, 6.45) is 7.25. The first-order valence-electron chi connectivity index (χ1n) is 10.7. The highest BCUT2D eigenvalue weighted by molar-refractivity contribution is 6.30. The van der Waals surface area contributed by atoms with Crippen LogP contribution >= 0.6 is 11.6 Å². The molecule has 0 spiro atoms. The SMILES string of the molecule is O=C1NC2CCCCC2C1CCCN1CCN(Cc2cccc(Cl)c2)CC1. The summed E-state index contributed by atoms with van der Waals surface area (Å²) in [5, 5.41) is 4.08. The van der Waals surface area contributed by atoms with Gasteiger partial charge in [-0.2, -0.15) is 0 Å². The van der Waals surface area contributed by atoms with Gasteiger partial charge in [-0.3, -0.25) is 9.69 Å². The third kappa shape index (κ3) is 4.85. The molecule has 27 heavy (non-hydrogen) atoms. The normalized spacial score (nSPS) is 29.5. The first-order chi connectivity index (χ1) is 13.2. The number of piperazine rings is 1. The Morgan fingerprint density at radius 3 is 2.67 bits per heavy atom. The lowest BCUT2D eigenvalue weighted by atomic mass is 9.78. The van der Waals surface area contributed by atoms with Gasteiger partial charge in [-0.25, -0.2) is 0 Å². The standard InChI is InChI=1S/C22H32ClN3O/c23-18-6-3-5-17(15-18)16-26-13-11-25(12-14-26)10-4-8-20-19-7-1-2-9-21(19)24-22(20)27/h3,5-6,15,19-21H,1-2,4,7-14,16H2,(H,24,27). The number of halogens is 1. The van der Waals surface area contributed by atoms with Gasteiger partial charge in [0.2, 0.25) is 5.91 Å². The fraction of sp³-hybridized carbons (Fsp3) is 0.682. The molecule has 0 aromatic heterocycles. The molecule has 2 aliphatic heterocycles. The number of hydrogen-bond acceptors (Lipinski definition) is 3. The van der Waals surface area contributed by atoms with Crippen LogP contribution in [0, 0.1) is 11.8 Å². The molecule has 1 saturated carbocycles. The second-order valence-corrected chi connectivity index (χ2v) is 9.00. The summed E-state index contributed by atoms with van der Waals surface area (Å²) in [7, 11) is 0. The summed E-state index contributed by atoms with van der Waals surface area (Å²) in [5.41, 5.74) is 1.30. The number of nitrogens with zero attached hydrogens (tertiary/aromatic N) is 2. The van der Waals surface area contributed by atoms with Gasteiger partial charge in [-0.1, -0.05) is 36.6 Å². The highest BCUT2D eigenvalue weighted by Crippen LogP contribution is 2.37. The molecule has 0 radical (unpaired) electrons. The molecule has 3 atom stereocenters. The highest BCUT2D eigenvalue weighted by atomic mass is 35.5. The molecule has 3 fully saturated rings. The Balaban J connectivity index is 1.17. The number of fused-ring (bicyclic) bond motifs is 1. The Bertz CT molecular complexity index is 644. The second kappa shape index (κ2) is 8.93. The van der Waals surface area contributed by atoms with Gasteiger partial charge in [0.05, 0.1) is 0 Å². The Morgan fingerprint density at radius 2 is 1.85 bits per heavy atom. The maximum Gasteiger partial charge on any atom is 0.223 e. The van der Waals surface area contributed by atoms with E-state index >= 15 is 0 Å². The van der Waals surface area contributed by atoms with Gasteiger partial charge in [0.15, 0.2) is 0 Å². The second-order valence-electron chi connectivity index (χ2n) is 8.56.